The van der Waals surface area contributed by atoms with Crippen LogP contribution in [0, 0.1) is 0 Å². The molecule has 20 heavy (non-hydrogen) atoms. The maximum absolute atomic E-state index is 11.9. The van der Waals surface area contributed by atoms with E-state index in [4.69, 9.17) is 5.73 Å². The number of benzene rings is 1. The van der Waals surface area contributed by atoms with Gasteiger partial charge in [-0.3, -0.25) is 4.79 Å². The summed E-state index contributed by atoms with van der Waals surface area (Å²) in [4.78, 5) is 13.4. The van der Waals surface area contributed by atoms with Crippen LogP contribution in [-0.2, 0) is 0 Å². The first-order valence-corrected chi connectivity index (χ1v) is 6.66. The van der Waals surface area contributed by atoms with Crippen molar-refractivity contribution in [3.05, 3.63) is 47.8 Å². The van der Waals surface area contributed by atoms with Gasteiger partial charge in [-0.15, -0.1) is 0 Å². The van der Waals surface area contributed by atoms with Crippen molar-refractivity contribution in [1.82, 2.24) is 14.7 Å². The minimum absolute atomic E-state index is 0.0385. The predicted octanol–water partition coefficient (Wildman–Crippen LogP) is 1.98. The Hall–Kier alpha value is -2.14. The number of aromatic nitrogens is 2. The van der Waals surface area contributed by atoms with Crippen LogP contribution in [0.25, 0.3) is 5.69 Å². The largest absolute Gasteiger partial charge is 0.343 e. The average molecular weight is 272 g/mol. The molecule has 0 aliphatic heterocycles. The smallest absolute Gasteiger partial charge is 0.273 e. The fourth-order valence-electron chi connectivity index (χ4n) is 2.03. The van der Waals surface area contributed by atoms with E-state index >= 15 is 0 Å². The lowest BCUT2D eigenvalue weighted by Gasteiger charge is -2.14. The van der Waals surface area contributed by atoms with Crippen LogP contribution in [0.3, 0.4) is 0 Å². The second-order valence-electron chi connectivity index (χ2n) is 4.92. The van der Waals surface area contributed by atoms with E-state index in [9.17, 15) is 4.79 Å². The lowest BCUT2D eigenvalue weighted by Crippen LogP contribution is -2.22. The second kappa shape index (κ2) is 5.88. The molecule has 0 bridgehead atoms. The average Bonchev–Trinajstić information content (AvgIpc) is 2.95. The highest BCUT2D eigenvalue weighted by Crippen LogP contribution is 2.21. The highest BCUT2D eigenvalue weighted by Gasteiger charge is 2.15. The molecular weight excluding hydrogens is 252 g/mol. The normalized spacial score (nSPS) is 12.2. The highest BCUT2D eigenvalue weighted by atomic mass is 16.2. The molecule has 1 aromatic carbocycles. The molecule has 0 saturated carbocycles. The third-order valence-corrected chi connectivity index (χ3v) is 3.24. The Bertz CT molecular complexity index is 603. The molecular formula is C15H20N4O. The maximum atomic E-state index is 11.9. The van der Waals surface area contributed by atoms with Gasteiger partial charge in [0.2, 0.25) is 0 Å². The van der Waals surface area contributed by atoms with Crippen LogP contribution in [-0.4, -0.2) is 34.7 Å². The fourth-order valence-corrected chi connectivity index (χ4v) is 2.03. The third-order valence-electron chi connectivity index (χ3n) is 3.24. The summed E-state index contributed by atoms with van der Waals surface area (Å²) >= 11 is 0. The van der Waals surface area contributed by atoms with Gasteiger partial charge in [0.25, 0.3) is 5.91 Å². The number of amides is 1. The van der Waals surface area contributed by atoms with Crippen molar-refractivity contribution in [3.63, 3.8) is 0 Å². The first-order valence-electron chi connectivity index (χ1n) is 6.66. The molecule has 0 fully saturated rings. The molecule has 0 radical (unpaired) electrons. The van der Waals surface area contributed by atoms with Crippen molar-refractivity contribution in [3.8, 4) is 5.69 Å². The molecule has 0 unspecified atom stereocenters. The van der Waals surface area contributed by atoms with E-state index in [1.165, 1.54) is 4.90 Å². The fraction of sp³-hybridized carbons (Fsp3) is 0.333. The van der Waals surface area contributed by atoms with Gasteiger partial charge in [0.1, 0.15) is 0 Å². The lowest BCUT2D eigenvalue weighted by molar-refractivity contribution is 0.0821. The number of nitrogens with zero attached hydrogens (tertiary/aromatic N) is 3. The van der Waals surface area contributed by atoms with Crippen molar-refractivity contribution >= 4 is 5.91 Å². The van der Waals surface area contributed by atoms with Crippen LogP contribution in [0.4, 0.5) is 0 Å². The number of carbonyl (C=O) groups excluding carboxylic acids is 1. The molecule has 1 atom stereocenters. The van der Waals surface area contributed by atoms with Gasteiger partial charge in [0, 0.05) is 26.3 Å². The van der Waals surface area contributed by atoms with Crippen molar-refractivity contribution in [2.75, 3.05) is 14.1 Å². The third kappa shape index (κ3) is 2.72. The monoisotopic (exact) mass is 272 g/mol. The molecule has 1 amide bonds. The summed E-state index contributed by atoms with van der Waals surface area (Å²) in [7, 11) is 3.42. The van der Waals surface area contributed by atoms with E-state index in [-0.39, 0.29) is 11.9 Å². The molecule has 5 nitrogen and oxygen atoms in total. The number of rotatable bonds is 4. The zero-order valence-electron chi connectivity index (χ0n) is 12.1. The molecule has 1 aromatic heterocycles. The summed E-state index contributed by atoms with van der Waals surface area (Å²) in [5.41, 5.74) is 8.50. The van der Waals surface area contributed by atoms with Crippen LogP contribution < -0.4 is 5.73 Å². The van der Waals surface area contributed by atoms with Crippen LogP contribution in [0.2, 0.25) is 0 Å². The van der Waals surface area contributed by atoms with Crippen LogP contribution in [0.15, 0.2) is 36.5 Å². The topological polar surface area (TPSA) is 64.2 Å². The van der Waals surface area contributed by atoms with E-state index < -0.39 is 0 Å². The number of hydrogen-bond acceptors (Lipinski definition) is 3. The number of para-hydroxylation sites is 1. The van der Waals surface area contributed by atoms with E-state index in [2.05, 4.69) is 5.10 Å². The van der Waals surface area contributed by atoms with Gasteiger partial charge in [-0.2, -0.15) is 5.10 Å². The molecule has 2 N–H and O–H groups in total. The minimum atomic E-state index is -0.110. The number of nitrogens with two attached hydrogens (primary N) is 1. The Balaban J connectivity index is 2.40. The lowest BCUT2D eigenvalue weighted by atomic mass is 10.0. The summed E-state index contributed by atoms with van der Waals surface area (Å²) in [6.45, 7) is 2.05. The predicted molar refractivity (Wildman–Crippen MR) is 78.8 cm³/mol. The number of carbonyl (C=O) groups is 1. The van der Waals surface area contributed by atoms with Crippen LogP contribution in [0.5, 0.6) is 0 Å². The SMILES string of the molecule is CC[C@H](N)c1ccccc1-n1ccc(C(=O)N(C)C)n1. The summed E-state index contributed by atoms with van der Waals surface area (Å²) in [5, 5.41) is 4.35. The Morgan fingerprint density at radius 1 is 1.35 bits per heavy atom. The van der Waals surface area contributed by atoms with Gasteiger partial charge in [0.15, 0.2) is 5.69 Å². The van der Waals surface area contributed by atoms with Gasteiger partial charge in [-0.1, -0.05) is 25.1 Å². The summed E-state index contributed by atoms with van der Waals surface area (Å²) in [6.07, 6.45) is 2.64. The summed E-state index contributed by atoms with van der Waals surface area (Å²) in [5.74, 6) is -0.110. The van der Waals surface area contributed by atoms with E-state index in [0.29, 0.717) is 5.69 Å². The van der Waals surface area contributed by atoms with Crippen molar-refractivity contribution in [2.24, 2.45) is 5.73 Å². The Labute approximate surface area is 119 Å². The molecule has 0 aliphatic carbocycles. The Kier molecular flexibility index (Phi) is 4.20. The second-order valence-corrected chi connectivity index (χ2v) is 4.92. The molecule has 5 heteroatoms. The van der Waals surface area contributed by atoms with Crippen molar-refractivity contribution < 1.29 is 4.79 Å². The minimum Gasteiger partial charge on any atom is -0.343 e. The van der Waals surface area contributed by atoms with Gasteiger partial charge >= 0.3 is 0 Å². The molecule has 0 spiro atoms. The highest BCUT2D eigenvalue weighted by molar-refractivity contribution is 5.91. The first kappa shape index (κ1) is 14.3. The Morgan fingerprint density at radius 2 is 2.05 bits per heavy atom. The molecule has 2 rings (SSSR count). The van der Waals surface area contributed by atoms with Crippen LogP contribution >= 0.6 is 0 Å². The van der Waals surface area contributed by atoms with Crippen molar-refractivity contribution in [2.45, 2.75) is 19.4 Å². The first-order chi connectivity index (χ1) is 9.54. The Morgan fingerprint density at radius 3 is 2.70 bits per heavy atom. The van der Waals surface area contributed by atoms with E-state index in [1.54, 1.807) is 31.0 Å². The standard InChI is InChI=1S/C15H20N4O/c1-4-12(16)11-7-5-6-8-14(11)19-10-9-13(17-19)15(20)18(2)3/h5-10,12H,4,16H2,1-3H3/t12-/m0/s1. The quantitative estimate of drug-likeness (QED) is 0.925. The summed E-state index contributed by atoms with van der Waals surface area (Å²) < 4.78 is 1.71. The zero-order valence-corrected chi connectivity index (χ0v) is 12.1. The number of hydrogen-bond donors (Lipinski definition) is 1. The van der Waals surface area contributed by atoms with Crippen LogP contribution in [0.1, 0.15) is 35.4 Å². The molecule has 106 valence electrons. The molecule has 0 saturated heterocycles. The zero-order chi connectivity index (χ0) is 14.7. The molecule has 1 heterocycles. The van der Waals surface area contributed by atoms with E-state index in [1.807, 2.05) is 31.2 Å². The summed E-state index contributed by atoms with van der Waals surface area (Å²) in [6, 6.07) is 9.54. The van der Waals surface area contributed by atoms with Gasteiger partial charge < -0.3 is 10.6 Å². The van der Waals surface area contributed by atoms with Gasteiger partial charge in [0.05, 0.1) is 5.69 Å². The van der Waals surface area contributed by atoms with Crippen molar-refractivity contribution in [1.29, 1.82) is 0 Å². The maximum Gasteiger partial charge on any atom is 0.273 e. The molecule has 0 aliphatic rings. The van der Waals surface area contributed by atoms with E-state index in [0.717, 1.165) is 17.7 Å². The van der Waals surface area contributed by atoms with Gasteiger partial charge in [-0.25, -0.2) is 4.68 Å². The van der Waals surface area contributed by atoms with Gasteiger partial charge in [-0.05, 0) is 24.1 Å². The molecule has 2 aromatic rings.